The maximum absolute atomic E-state index is 11.7. The molecule has 110 valence electrons. The van der Waals surface area contributed by atoms with Crippen molar-refractivity contribution >= 4 is 0 Å². The van der Waals surface area contributed by atoms with Crippen LogP contribution >= 0.6 is 0 Å². The summed E-state index contributed by atoms with van der Waals surface area (Å²) in [6.07, 6.45) is 3.42. The Morgan fingerprint density at radius 2 is 1.43 bits per heavy atom. The van der Waals surface area contributed by atoms with Gasteiger partial charge < -0.3 is 5.11 Å². The van der Waals surface area contributed by atoms with E-state index in [1.807, 2.05) is 60.7 Å². The largest absolute Gasteiger partial charge is 0.379 e. The first kappa shape index (κ1) is 14.3. The van der Waals surface area contributed by atoms with Crippen molar-refractivity contribution in [1.82, 2.24) is 4.90 Å². The molecule has 0 amide bonds. The fourth-order valence-corrected chi connectivity index (χ4v) is 3.54. The zero-order valence-electron chi connectivity index (χ0n) is 12.6. The standard InChI is InChI=1S/C19H23NO/c1-20-15-9-8-14-18(20)19(21,16-10-4-2-5-11-16)17-12-6-3-7-13-17/h2-7,10-13,18,21H,8-9,14-15H2,1H3/t18-/m0/s1. The molecule has 1 aliphatic rings. The molecule has 1 aliphatic heterocycles. The first-order valence-corrected chi connectivity index (χ1v) is 7.76. The molecule has 0 aliphatic carbocycles. The third-order valence-electron chi connectivity index (χ3n) is 4.68. The van der Waals surface area contributed by atoms with Crippen molar-refractivity contribution in [2.75, 3.05) is 13.6 Å². The first-order valence-electron chi connectivity index (χ1n) is 7.76. The molecule has 3 rings (SSSR count). The van der Waals surface area contributed by atoms with Gasteiger partial charge in [-0.1, -0.05) is 67.1 Å². The highest BCUT2D eigenvalue weighted by Gasteiger charge is 2.42. The summed E-state index contributed by atoms with van der Waals surface area (Å²) in [7, 11) is 2.13. The lowest BCUT2D eigenvalue weighted by Gasteiger charge is -2.44. The Morgan fingerprint density at radius 3 is 1.90 bits per heavy atom. The Kier molecular flexibility index (Phi) is 4.09. The molecule has 1 heterocycles. The number of nitrogens with zero attached hydrogens (tertiary/aromatic N) is 1. The molecule has 1 fully saturated rings. The van der Waals surface area contributed by atoms with Crippen molar-refractivity contribution in [1.29, 1.82) is 0 Å². The minimum absolute atomic E-state index is 0.121. The number of hydrogen-bond acceptors (Lipinski definition) is 2. The van der Waals surface area contributed by atoms with Gasteiger partial charge in [-0.05, 0) is 37.6 Å². The van der Waals surface area contributed by atoms with Crippen molar-refractivity contribution in [3.8, 4) is 0 Å². The quantitative estimate of drug-likeness (QED) is 0.932. The number of hydrogen-bond donors (Lipinski definition) is 1. The van der Waals surface area contributed by atoms with E-state index in [-0.39, 0.29) is 6.04 Å². The van der Waals surface area contributed by atoms with Crippen molar-refractivity contribution in [3.63, 3.8) is 0 Å². The Hall–Kier alpha value is -1.64. The molecule has 2 aromatic rings. The van der Waals surface area contributed by atoms with Gasteiger partial charge in [-0.2, -0.15) is 0 Å². The summed E-state index contributed by atoms with van der Waals surface area (Å²) in [4.78, 5) is 2.31. The van der Waals surface area contributed by atoms with E-state index in [9.17, 15) is 5.11 Å². The molecule has 0 saturated carbocycles. The van der Waals surface area contributed by atoms with Gasteiger partial charge in [0.25, 0.3) is 0 Å². The molecule has 0 unspecified atom stereocenters. The molecule has 0 spiro atoms. The van der Waals surface area contributed by atoms with Gasteiger partial charge in [0.05, 0.1) is 0 Å². The number of likely N-dealkylation sites (tertiary alicyclic amines) is 1. The lowest BCUT2D eigenvalue weighted by atomic mass is 9.76. The summed E-state index contributed by atoms with van der Waals surface area (Å²) in [5.41, 5.74) is 1.02. The van der Waals surface area contributed by atoms with Gasteiger partial charge in [0.2, 0.25) is 0 Å². The van der Waals surface area contributed by atoms with Crippen LogP contribution < -0.4 is 0 Å². The average molecular weight is 281 g/mol. The number of piperidine rings is 1. The Morgan fingerprint density at radius 1 is 0.905 bits per heavy atom. The van der Waals surface area contributed by atoms with Crippen molar-refractivity contribution in [2.24, 2.45) is 0 Å². The van der Waals surface area contributed by atoms with Gasteiger partial charge in [-0.25, -0.2) is 0 Å². The Labute approximate surface area is 127 Å². The highest BCUT2D eigenvalue weighted by atomic mass is 16.3. The first-order chi connectivity index (χ1) is 10.2. The van der Waals surface area contributed by atoms with Crippen molar-refractivity contribution in [2.45, 2.75) is 30.9 Å². The van der Waals surface area contributed by atoms with E-state index >= 15 is 0 Å². The molecule has 1 atom stereocenters. The fraction of sp³-hybridized carbons (Fsp3) is 0.368. The summed E-state index contributed by atoms with van der Waals surface area (Å²) in [6.45, 7) is 1.05. The van der Waals surface area contributed by atoms with E-state index in [0.717, 1.165) is 24.1 Å². The number of benzene rings is 2. The maximum atomic E-state index is 11.7. The molecular formula is C19H23NO. The molecule has 2 aromatic carbocycles. The number of rotatable bonds is 3. The fourth-order valence-electron chi connectivity index (χ4n) is 3.54. The second kappa shape index (κ2) is 6.00. The lowest BCUT2D eigenvalue weighted by molar-refractivity contribution is -0.0276. The van der Waals surface area contributed by atoms with Crippen LogP contribution in [0.1, 0.15) is 30.4 Å². The highest BCUT2D eigenvalue weighted by Crippen LogP contribution is 2.38. The van der Waals surface area contributed by atoms with E-state index in [1.165, 1.54) is 12.8 Å². The third kappa shape index (κ3) is 2.61. The lowest BCUT2D eigenvalue weighted by Crippen LogP contribution is -2.52. The van der Waals surface area contributed by atoms with Crippen LogP contribution in [0.15, 0.2) is 60.7 Å². The Bertz CT molecular complexity index is 527. The minimum atomic E-state index is -0.947. The van der Waals surface area contributed by atoms with Crippen LogP contribution in [0.5, 0.6) is 0 Å². The van der Waals surface area contributed by atoms with E-state index < -0.39 is 5.60 Å². The monoisotopic (exact) mass is 281 g/mol. The normalized spacial score (nSPS) is 20.4. The third-order valence-corrected chi connectivity index (χ3v) is 4.68. The summed E-state index contributed by atoms with van der Waals surface area (Å²) < 4.78 is 0. The second-order valence-electron chi connectivity index (χ2n) is 5.99. The smallest absolute Gasteiger partial charge is 0.130 e. The predicted octanol–water partition coefficient (Wildman–Crippen LogP) is 3.41. The number of likely N-dealkylation sites (N-methyl/N-ethyl adjacent to an activating group) is 1. The molecule has 2 heteroatoms. The summed E-state index contributed by atoms with van der Waals surface area (Å²) in [5, 5.41) is 11.7. The van der Waals surface area contributed by atoms with Gasteiger partial charge in [0.15, 0.2) is 0 Å². The van der Waals surface area contributed by atoms with E-state index in [2.05, 4.69) is 11.9 Å². The van der Waals surface area contributed by atoms with Gasteiger partial charge in [0, 0.05) is 6.04 Å². The molecule has 1 saturated heterocycles. The van der Waals surface area contributed by atoms with Crippen LogP contribution in [0.4, 0.5) is 0 Å². The van der Waals surface area contributed by atoms with Crippen LogP contribution in [-0.2, 0) is 5.60 Å². The zero-order chi connectivity index (χ0) is 14.7. The van der Waals surface area contributed by atoms with Gasteiger partial charge in [-0.3, -0.25) is 4.90 Å². The maximum Gasteiger partial charge on any atom is 0.130 e. The molecular weight excluding hydrogens is 258 g/mol. The molecule has 0 bridgehead atoms. The van der Waals surface area contributed by atoms with Gasteiger partial charge >= 0.3 is 0 Å². The van der Waals surface area contributed by atoms with E-state index in [1.54, 1.807) is 0 Å². The SMILES string of the molecule is CN1CCCC[C@H]1C(O)(c1ccccc1)c1ccccc1. The van der Waals surface area contributed by atoms with Crippen LogP contribution in [0.3, 0.4) is 0 Å². The average Bonchev–Trinajstić information content (AvgIpc) is 2.56. The predicted molar refractivity (Wildman–Crippen MR) is 86.2 cm³/mol. The van der Waals surface area contributed by atoms with Gasteiger partial charge in [-0.15, -0.1) is 0 Å². The number of aliphatic hydroxyl groups is 1. The molecule has 0 aromatic heterocycles. The van der Waals surface area contributed by atoms with E-state index in [0.29, 0.717) is 0 Å². The topological polar surface area (TPSA) is 23.5 Å². The minimum Gasteiger partial charge on any atom is -0.379 e. The molecule has 2 nitrogen and oxygen atoms in total. The molecule has 0 radical (unpaired) electrons. The highest BCUT2D eigenvalue weighted by molar-refractivity contribution is 5.38. The van der Waals surface area contributed by atoms with Crippen LogP contribution in [0.2, 0.25) is 0 Å². The summed E-state index contributed by atoms with van der Waals surface area (Å²) in [5.74, 6) is 0. The van der Waals surface area contributed by atoms with Gasteiger partial charge in [0.1, 0.15) is 5.60 Å². The van der Waals surface area contributed by atoms with Crippen LogP contribution in [-0.4, -0.2) is 29.6 Å². The summed E-state index contributed by atoms with van der Waals surface area (Å²) >= 11 is 0. The molecule has 1 N–H and O–H groups in total. The zero-order valence-corrected chi connectivity index (χ0v) is 12.6. The molecule has 21 heavy (non-hydrogen) atoms. The Balaban J connectivity index is 2.11. The second-order valence-corrected chi connectivity index (χ2v) is 5.99. The van der Waals surface area contributed by atoms with Crippen molar-refractivity contribution < 1.29 is 5.11 Å². The van der Waals surface area contributed by atoms with Crippen LogP contribution in [0, 0.1) is 0 Å². The summed E-state index contributed by atoms with van der Waals surface area (Å²) in [6, 6.07) is 20.3. The van der Waals surface area contributed by atoms with E-state index in [4.69, 9.17) is 0 Å². The van der Waals surface area contributed by atoms with Crippen molar-refractivity contribution in [3.05, 3.63) is 71.8 Å². The van der Waals surface area contributed by atoms with Crippen LogP contribution in [0.25, 0.3) is 0 Å².